The molecule has 0 saturated carbocycles. The van der Waals surface area contributed by atoms with Crippen molar-refractivity contribution in [3.63, 3.8) is 0 Å². The number of ether oxygens (including phenoxy) is 1. The molecule has 0 amide bonds. The fraction of sp³-hybridized carbons (Fsp3) is 0.286. The monoisotopic (exact) mass is 310 g/mol. The number of aromatic nitrogens is 1. The second-order valence-electron chi connectivity index (χ2n) is 4.22. The largest absolute Gasteiger partial charge is 0.464 e. The van der Waals surface area contributed by atoms with Crippen LogP contribution >= 0.6 is 22.9 Å². The van der Waals surface area contributed by atoms with Gasteiger partial charge >= 0.3 is 5.97 Å². The highest BCUT2D eigenvalue weighted by Gasteiger charge is 2.15. The summed E-state index contributed by atoms with van der Waals surface area (Å²) in [6, 6.07) is 7.74. The number of thiazole rings is 1. The van der Waals surface area contributed by atoms with Gasteiger partial charge in [0.2, 0.25) is 0 Å². The first-order valence-electron chi connectivity index (χ1n) is 6.14. The number of carbonyl (C=O) groups is 1. The molecule has 0 radical (unpaired) electrons. The molecule has 0 aliphatic rings. The Balaban J connectivity index is 1.91. The summed E-state index contributed by atoms with van der Waals surface area (Å²) in [6.07, 6.45) is 0.864. The van der Waals surface area contributed by atoms with Crippen LogP contribution < -0.4 is 5.32 Å². The van der Waals surface area contributed by atoms with Crippen molar-refractivity contribution < 1.29 is 9.53 Å². The average Bonchev–Trinajstić information content (AvgIpc) is 2.81. The lowest BCUT2D eigenvalue weighted by Gasteiger charge is -2.03. The summed E-state index contributed by atoms with van der Waals surface area (Å²) in [6.45, 7) is 2.60. The van der Waals surface area contributed by atoms with Gasteiger partial charge in [-0.15, -0.1) is 11.3 Å². The minimum absolute atomic E-state index is 0.381. The number of rotatable bonds is 5. The van der Waals surface area contributed by atoms with Gasteiger partial charge in [0.1, 0.15) is 0 Å². The Morgan fingerprint density at radius 2 is 2.10 bits per heavy atom. The second-order valence-corrected chi connectivity index (χ2v) is 5.86. The zero-order valence-electron chi connectivity index (χ0n) is 11.3. The van der Waals surface area contributed by atoms with Gasteiger partial charge < -0.3 is 10.1 Å². The number of anilines is 1. The van der Waals surface area contributed by atoms with Crippen LogP contribution in [0.4, 0.5) is 5.13 Å². The molecule has 0 saturated heterocycles. The molecule has 1 aromatic carbocycles. The number of nitrogens with one attached hydrogen (secondary N) is 1. The molecule has 4 nitrogen and oxygen atoms in total. The van der Waals surface area contributed by atoms with Crippen molar-refractivity contribution in [3.05, 3.63) is 45.4 Å². The number of aryl methyl sites for hydroxylation is 1. The summed E-state index contributed by atoms with van der Waals surface area (Å²) in [7, 11) is 1.36. The van der Waals surface area contributed by atoms with E-state index in [-0.39, 0.29) is 0 Å². The lowest BCUT2D eigenvalue weighted by atomic mass is 10.1. The smallest absolute Gasteiger partial charge is 0.357 e. The van der Waals surface area contributed by atoms with E-state index in [1.807, 2.05) is 31.2 Å². The predicted molar refractivity (Wildman–Crippen MR) is 81.8 cm³/mol. The van der Waals surface area contributed by atoms with Gasteiger partial charge in [-0.25, -0.2) is 9.78 Å². The molecular weight excluding hydrogens is 296 g/mol. The van der Waals surface area contributed by atoms with Crippen LogP contribution in [0.5, 0.6) is 0 Å². The third-order valence-electron chi connectivity index (χ3n) is 2.78. The van der Waals surface area contributed by atoms with Gasteiger partial charge in [0.05, 0.1) is 7.11 Å². The first kappa shape index (κ1) is 14.8. The SMILES string of the molecule is COC(=O)c1nc(NCCc2ccc(Cl)cc2)sc1C. The van der Waals surface area contributed by atoms with Gasteiger partial charge in [-0.1, -0.05) is 23.7 Å². The van der Waals surface area contributed by atoms with Gasteiger partial charge in [0, 0.05) is 16.4 Å². The molecule has 1 aromatic heterocycles. The van der Waals surface area contributed by atoms with Crippen molar-refractivity contribution in [2.75, 3.05) is 19.0 Å². The topological polar surface area (TPSA) is 51.2 Å². The third-order valence-corrected chi connectivity index (χ3v) is 3.96. The van der Waals surface area contributed by atoms with E-state index in [2.05, 4.69) is 15.0 Å². The molecule has 0 unspecified atom stereocenters. The molecule has 1 N–H and O–H groups in total. The van der Waals surface area contributed by atoms with Gasteiger partial charge in [0.25, 0.3) is 0 Å². The van der Waals surface area contributed by atoms with E-state index in [9.17, 15) is 4.79 Å². The van der Waals surface area contributed by atoms with E-state index >= 15 is 0 Å². The zero-order chi connectivity index (χ0) is 14.5. The van der Waals surface area contributed by atoms with E-state index in [0.717, 1.165) is 28.0 Å². The van der Waals surface area contributed by atoms with Gasteiger partial charge in [-0.3, -0.25) is 0 Å². The lowest BCUT2D eigenvalue weighted by molar-refractivity contribution is 0.0594. The molecule has 0 bridgehead atoms. The molecule has 106 valence electrons. The lowest BCUT2D eigenvalue weighted by Crippen LogP contribution is -2.06. The molecule has 0 atom stereocenters. The highest BCUT2D eigenvalue weighted by atomic mass is 35.5. The van der Waals surface area contributed by atoms with Crippen LogP contribution in [0.1, 0.15) is 20.9 Å². The average molecular weight is 311 g/mol. The number of methoxy groups -OCH3 is 1. The maximum Gasteiger partial charge on any atom is 0.357 e. The normalized spacial score (nSPS) is 10.3. The highest BCUT2D eigenvalue weighted by molar-refractivity contribution is 7.15. The number of benzene rings is 1. The van der Waals surface area contributed by atoms with Crippen LogP contribution in [0.2, 0.25) is 5.02 Å². The molecule has 20 heavy (non-hydrogen) atoms. The van der Waals surface area contributed by atoms with Crippen LogP contribution in [0.25, 0.3) is 0 Å². The Morgan fingerprint density at radius 3 is 2.75 bits per heavy atom. The first-order valence-corrected chi connectivity index (χ1v) is 7.33. The fourth-order valence-electron chi connectivity index (χ4n) is 1.72. The van der Waals surface area contributed by atoms with Crippen LogP contribution in [0, 0.1) is 6.92 Å². The van der Waals surface area contributed by atoms with E-state index in [1.165, 1.54) is 24.0 Å². The van der Waals surface area contributed by atoms with E-state index < -0.39 is 5.97 Å². The number of hydrogen-bond donors (Lipinski definition) is 1. The number of halogens is 1. The molecule has 0 fully saturated rings. The summed E-state index contributed by atoms with van der Waals surface area (Å²) < 4.78 is 4.68. The number of nitrogens with zero attached hydrogens (tertiary/aromatic N) is 1. The highest BCUT2D eigenvalue weighted by Crippen LogP contribution is 2.22. The minimum Gasteiger partial charge on any atom is -0.464 e. The van der Waals surface area contributed by atoms with Crippen molar-refractivity contribution in [2.24, 2.45) is 0 Å². The predicted octanol–water partition coefficient (Wildman–Crippen LogP) is 3.55. The van der Waals surface area contributed by atoms with Crippen molar-refractivity contribution in [3.8, 4) is 0 Å². The Bertz CT molecular complexity index is 596. The first-order chi connectivity index (χ1) is 9.60. The van der Waals surface area contributed by atoms with Crippen LogP contribution in [-0.4, -0.2) is 24.6 Å². The number of carbonyl (C=O) groups excluding carboxylic acids is 1. The molecule has 6 heteroatoms. The third kappa shape index (κ3) is 3.71. The Kier molecular flexibility index (Phi) is 4.98. The number of hydrogen-bond acceptors (Lipinski definition) is 5. The summed E-state index contributed by atoms with van der Waals surface area (Å²) in [4.78, 5) is 16.5. The molecule has 0 aliphatic carbocycles. The maximum absolute atomic E-state index is 11.5. The van der Waals surface area contributed by atoms with Crippen LogP contribution in [-0.2, 0) is 11.2 Å². The summed E-state index contributed by atoms with van der Waals surface area (Å²) >= 11 is 7.29. The Labute approximate surface area is 126 Å². The number of esters is 1. The quantitative estimate of drug-likeness (QED) is 0.858. The van der Waals surface area contributed by atoms with Crippen molar-refractivity contribution >= 4 is 34.0 Å². The summed E-state index contributed by atoms with van der Waals surface area (Å²) in [5, 5.41) is 4.68. The molecule has 2 rings (SSSR count). The molecular formula is C14H15ClN2O2S. The van der Waals surface area contributed by atoms with Crippen molar-refractivity contribution in [2.45, 2.75) is 13.3 Å². The van der Waals surface area contributed by atoms with Crippen LogP contribution in [0.3, 0.4) is 0 Å². The van der Waals surface area contributed by atoms with Gasteiger partial charge in [-0.05, 0) is 31.0 Å². The van der Waals surface area contributed by atoms with E-state index in [0.29, 0.717) is 5.69 Å². The summed E-state index contributed by atoms with van der Waals surface area (Å²) in [5.41, 5.74) is 1.58. The van der Waals surface area contributed by atoms with Crippen molar-refractivity contribution in [1.29, 1.82) is 0 Å². The molecule has 0 spiro atoms. The van der Waals surface area contributed by atoms with Crippen LogP contribution in [0.15, 0.2) is 24.3 Å². The minimum atomic E-state index is -0.399. The standard InChI is InChI=1S/C14H15ClN2O2S/c1-9-12(13(18)19-2)17-14(20-9)16-8-7-10-3-5-11(15)6-4-10/h3-6H,7-8H2,1-2H3,(H,16,17). The zero-order valence-corrected chi connectivity index (χ0v) is 12.8. The maximum atomic E-state index is 11.5. The van der Waals surface area contributed by atoms with Gasteiger partial charge in [0.15, 0.2) is 10.8 Å². The Hall–Kier alpha value is -1.59. The molecule has 0 aliphatic heterocycles. The molecule has 1 heterocycles. The summed E-state index contributed by atoms with van der Waals surface area (Å²) in [5.74, 6) is -0.399. The van der Waals surface area contributed by atoms with E-state index in [4.69, 9.17) is 11.6 Å². The van der Waals surface area contributed by atoms with Gasteiger partial charge in [-0.2, -0.15) is 0 Å². The van der Waals surface area contributed by atoms with E-state index in [1.54, 1.807) is 0 Å². The van der Waals surface area contributed by atoms with Crippen molar-refractivity contribution in [1.82, 2.24) is 4.98 Å². The fourth-order valence-corrected chi connectivity index (χ4v) is 2.68. The second kappa shape index (κ2) is 6.72. The Morgan fingerprint density at radius 1 is 1.40 bits per heavy atom. The molecule has 2 aromatic rings.